The zero-order valence-electron chi connectivity index (χ0n) is 18.1. The van der Waals surface area contributed by atoms with E-state index in [0.29, 0.717) is 5.92 Å². The van der Waals surface area contributed by atoms with Crippen LogP contribution in [0.25, 0.3) is 33.5 Å². The first-order valence-corrected chi connectivity index (χ1v) is 10.8. The molecule has 0 bridgehead atoms. The molecule has 150 valence electrons. The van der Waals surface area contributed by atoms with Gasteiger partial charge in [0.05, 0.1) is 12.6 Å². The molecule has 5 rings (SSSR count). The van der Waals surface area contributed by atoms with E-state index in [-0.39, 0.29) is 5.54 Å². The maximum atomic E-state index is 6.28. The predicted octanol–water partition coefficient (Wildman–Crippen LogP) is 6.00. The van der Waals surface area contributed by atoms with Gasteiger partial charge in [-0.1, -0.05) is 31.0 Å². The fourth-order valence-corrected chi connectivity index (χ4v) is 5.02. The van der Waals surface area contributed by atoms with Crippen molar-refractivity contribution in [1.29, 1.82) is 0 Å². The molecule has 1 saturated carbocycles. The van der Waals surface area contributed by atoms with Crippen LogP contribution in [0.1, 0.15) is 63.8 Å². The van der Waals surface area contributed by atoms with Crippen LogP contribution in [-0.2, 0) is 12.6 Å². The zero-order chi connectivity index (χ0) is 20.3. The van der Waals surface area contributed by atoms with E-state index in [1.807, 2.05) is 0 Å². The van der Waals surface area contributed by atoms with E-state index in [1.54, 1.807) is 0 Å². The Morgan fingerprint density at radius 1 is 1.07 bits per heavy atom. The number of imidazole rings is 1. The Morgan fingerprint density at radius 2 is 1.79 bits per heavy atom. The molecule has 1 aliphatic carbocycles. The number of rotatable bonds is 2. The molecule has 0 radical (unpaired) electrons. The largest absolute Gasteiger partial charge is 0.440 e. The molecule has 0 unspecified atom stereocenters. The summed E-state index contributed by atoms with van der Waals surface area (Å²) in [5, 5.41) is 0. The first-order valence-electron chi connectivity index (χ1n) is 10.8. The van der Waals surface area contributed by atoms with Gasteiger partial charge >= 0.3 is 0 Å². The second kappa shape index (κ2) is 6.45. The average Bonchev–Trinajstić information content (AvgIpc) is 3.39. The maximum absolute atomic E-state index is 6.28. The van der Waals surface area contributed by atoms with Gasteiger partial charge in [0.25, 0.3) is 5.82 Å². The monoisotopic (exact) mass is 388 g/mol. The van der Waals surface area contributed by atoms with E-state index in [9.17, 15) is 0 Å². The lowest BCUT2D eigenvalue weighted by atomic mass is 10.0. The topological polar surface area (TPSA) is 34.8 Å². The number of fused-ring (bicyclic) bond motifs is 2. The highest BCUT2D eigenvalue weighted by atomic mass is 16.3. The smallest absolute Gasteiger partial charge is 0.292 e. The number of para-hydroxylation sites is 2. The maximum Gasteiger partial charge on any atom is 0.292 e. The van der Waals surface area contributed by atoms with Gasteiger partial charge in [-0.25, -0.2) is 14.1 Å². The van der Waals surface area contributed by atoms with Crippen LogP contribution < -0.4 is 4.57 Å². The summed E-state index contributed by atoms with van der Waals surface area (Å²) in [6.45, 7) is 8.99. The third kappa shape index (κ3) is 2.80. The lowest BCUT2D eigenvalue weighted by Gasteiger charge is -2.19. The Hall–Kier alpha value is -2.62. The van der Waals surface area contributed by atoms with Crippen molar-refractivity contribution in [2.24, 2.45) is 7.05 Å². The molecule has 4 nitrogen and oxygen atoms in total. The van der Waals surface area contributed by atoms with Gasteiger partial charge in [0, 0.05) is 5.92 Å². The van der Waals surface area contributed by atoms with Crippen LogP contribution in [0, 0.1) is 6.92 Å². The molecule has 2 aromatic carbocycles. The molecule has 0 saturated heterocycles. The van der Waals surface area contributed by atoms with E-state index in [2.05, 4.69) is 80.3 Å². The molecule has 2 aromatic heterocycles. The molecule has 0 atom stereocenters. The first-order chi connectivity index (χ1) is 13.9. The Bertz CT molecular complexity index is 1220. The molecule has 1 fully saturated rings. The summed E-state index contributed by atoms with van der Waals surface area (Å²) in [5.74, 6) is 2.58. The van der Waals surface area contributed by atoms with Crippen LogP contribution >= 0.6 is 0 Å². The molecule has 2 heterocycles. The van der Waals surface area contributed by atoms with Gasteiger partial charge in [0.2, 0.25) is 0 Å². The lowest BCUT2D eigenvalue weighted by molar-refractivity contribution is -0.634. The van der Waals surface area contributed by atoms with Crippen molar-refractivity contribution in [3.8, 4) is 11.4 Å². The number of oxazole rings is 1. The minimum Gasteiger partial charge on any atom is -0.440 e. The number of hydrogen-bond donors (Lipinski definition) is 0. The number of aryl methyl sites for hydroxylation is 2. The fourth-order valence-electron chi connectivity index (χ4n) is 5.02. The molecule has 0 aliphatic heterocycles. The fraction of sp³-hybridized carbons (Fsp3) is 0.440. The van der Waals surface area contributed by atoms with Gasteiger partial charge in [0.1, 0.15) is 11.1 Å². The van der Waals surface area contributed by atoms with E-state index in [4.69, 9.17) is 9.40 Å². The molecule has 0 amide bonds. The molecular formula is C25H30N3O+. The van der Waals surface area contributed by atoms with Crippen LogP contribution in [-0.4, -0.2) is 9.55 Å². The molecule has 0 spiro atoms. The minimum atomic E-state index is -0.0666. The highest BCUT2D eigenvalue weighted by Crippen LogP contribution is 2.39. The van der Waals surface area contributed by atoms with E-state index >= 15 is 0 Å². The molecule has 29 heavy (non-hydrogen) atoms. The van der Waals surface area contributed by atoms with Gasteiger partial charge in [0.15, 0.2) is 22.5 Å². The SMILES string of the molecule is Cc1ccc2oc(C3CCCC3)nc2c1-c1n(C(C)(C)C)c2ccccc2[n+]1C. The highest BCUT2D eigenvalue weighted by Gasteiger charge is 2.35. The summed E-state index contributed by atoms with van der Waals surface area (Å²) in [6, 6.07) is 12.9. The summed E-state index contributed by atoms with van der Waals surface area (Å²) in [6.07, 6.45) is 4.94. The van der Waals surface area contributed by atoms with E-state index < -0.39 is 0 Å². The van der Waals surface area contributed by atoms with Crippen LogP contribution in [0.2, 0.25) is 0 Å². The van der Waals surface area contributed by atoms with Gasteiger partial charge in [-0.3, -0.25) is 0 Å². The Balaban J connectivity index is 1.85. The van der Waals surface area contributed by atoms with Crippen LogP contribution in [0.3, 0.4) is 0 Å². The third-order valence-electron chi connectivity index (χ3n) is 6.40. The van der Waals surface area contributed by atoms with Crippen molar-refractivity contribution < 1.29 is 8.98 Å². The summed E-state index contributed by atoms with van der Waals surface area (Å²) in [7, 11) is 2.16. The van der Waals surface area contributed by atoms with Gasteiger partial charge < -0.3 is 4.42 Å². The average molecular weight is 389 g/mol. The number of nitrogens with zero attached hydrogens (tertiary/aromatic N) is 3. The van der Waals surface area contributed by atoms with Crippen LogP contribution in [0.4, 0.5) is 0 Å². The zero-order valence-corrected chi connectivity index (χ0v) is 18.1. The second-order valence-corrected chi connectivity index (χ2v) is 9.52. The van der Waals surface area contributed by atoms with Crippen molar-refractivity contribution in [3.63, 3.8) is 0 Å². The first kappa shape index (κ1) is 18.4. The Labute approximate surface area is 172 Å². The summed E-state index contributed by atoms with van der Waals surface area (Å²) < 4.78 is 11.0. The van der Waals surface area contributed by atoms with Gasteiger partial charge in [-0.05, 0) is 64.3 Å². The summed E-state index contributed by atoms with van der Waals surface area (Å²) in [4.78, 5) is 5.07. The molecule has 0 N–H and O–H groups in total. The number of aromatic nitrogens is 3. The van der Waals surface area contributed by atoms with Crippen molar-refractivity contribution in [1.82, 2.24) is 9.55 Å². The lowest BCUT2D eigenvalue weighted by Crippen LogP contribution is -2.33. The third-order valence-corrected chi connectivity index (χ3v) is 6.40. The minimum absolute atomic E-state index is 0.0666. The van der Waals surface area contributed by atoms with Crippen molar-refractivity contribution in [3.05, 3.63) is 47.9 Å². The van der Waals surface area contributed by atoms with Crippen molar-refractivity contribution in [2.45, 2.75) is 64.8 Å². The summed E-state index contributed by atoms with van der Waals surface area (Å²) in [5.41, 5.74) is 6.72. The standard InChI is InChI=1S/C25H30N3O/c1-16-14-15-20-22(26-23(29-20)17-10-6-7-11-17)21(16)24-27(5)18-12-8-9-13-19(18)28(24)25(2,3)4/h8-9,12-15,17H,6-7,10-11H2,1-5H3/q+1. The quantitative estimate of drug-likeness (QED) is 0.395. The number of benzene rings is 2. The van der Waals surface area contributed by atoms with Gasteiger partial charge in [-0.2, -0.15) is 0 Å². The van der Waals surface area contributed by atoms with E-state index in [0.717, 1.165) is 17.0 Å². The molecular weight excluding hydrogens is 358 g/mol. The van der Waals surface area contributed by atoms with E-state index in [1.165, 1.54) is 53.7 Å². The Kier molecular flexibility index (Phi) is 4.09. The molecule has 4 heteroatoms. The highest BCUT2D eigenvalue weighted by molar-refractivity contribution is 5.92. The van der Waals surface area contributed by atoms with Gasteiger partial charge in [-0.15, -0.1) is 0 Å². The van der Waals surface area contributed by atoms with Crippen molar-refractivity contribution in [2.75, 3.05) is 0 Å². The molecule has 1 aliphatic rings. The second-order valence-electron chi connectivity index (χ2n) is 9.52. The van der Waals surface area contributed by atoms with Crippen LogP contribution in [0.15, 0.2) is 40.8 Å². The number of hydrogen-bond acceptors (Lipinski definition) is 2. The Morgan fingerprint density at radius 3 is 2.52 bits per heavy atom. The van der Waals surface area contributed by atoms with Crippen molar-refractivity contribution >= 4 is 22.1 Å². The molecule has 4 aromatic rings. The normalized spacial score (nSPS) is 15.8. The summed E-state index contributed by atoms with van der Waals surface area (Å²) >= 11 is 0. The van der Waals surface area contributed by atoms with Crippen LogP contribution in [0.5, 0.6) is 0 Å². The predicted molar refractivity (Wildman–Crippen MR) is 117 cm³/mol.